The van der Waals surface area contributed by atoms with Gasteiger partial charge in [-0.1, -0.05) is 100 Å². The molecule has 0 aliphatic carbocycles. The van der Waals surface area contributed by atoms with E-state index >= 15 is 0 Å². The Hall–Kier alpha value is -7.59. The number of amidine groups is 4. The first-order chi connectivity index (χ1) is 33.4. The molecule has 0 unspecified atom stereocenters. The van der Waals surface area contributed by atoms with Gasteiger partial charge in [0, 0.05) is 92.3 Å². The van der Waals surface area contributed by atoms with Gasteiger partial charge in [-0.2, -0.15) is 0 Å². The molecular weight excluding hydrogens is 861 g/mol. The van der Waals surface area contributed by atoms with Crippen LogP contribution in [0.1, 0.15) is 65.4 Å². The van der Waals surface area contributed by atoms with Crippen LogP contribution in [0.2, 0.25) is 0 Å². The van der Waals surface area contributed by atoms with Crippen molar-refractivity contribution >= 4 is 63.6 Å². The molecule has 1 fully saturated rings. The van der Waals surface area contributed by atoms with E-state index in [1.807, 2.05) is 123 Å². The fraction of sp³-hybridized carbons (Fsp3) is 0.278. The summed E-state index contributed by atoms with van der Waals surface area (Å²) in [5.41, 5.74) is 8.24. The zero-order valence-electron chi connectivity index (χ0n) is 40.5. The Morgan fingerprint density at radius 1 is 0.652 bits per heavy atom. The molecule has 69 heavy (non-hydrogen) atoms. The van der Waals surface area contributed by atoms with Crippen LogP contribution in [0.5, 0.6) is 0 Å². The number of fused-ring (bicyclic) bond motifs is 4. The lowest BCUT2D eigenvalue weighted by Crippen LogP contribution is -2.48. The zero-order chi connectivity index (χ0) is 49.0. The van der Waals surface area contributed by atoms with Gasteiger partial charge < -0.3 is 20.9 Å². The molecule has 0 saturated carbocycles. The van der Waals surface area contributed by atoms with Gasteiger partial charge in [-0.05, 0) is 72.1 Å². The Bertz CT molecular complexity index is 2780. The number of piperazine rings is 1. The van der Waals surface area contributed by atoms with Crippen molar-refractivity contribution in [3.8, 4) is 0 Å². The molecule has 3 aliphatic rings. The van der Waals surface area contributed by atoms with Crippen LogP contribution in [0.4, 0.5) is 34.4 Å². The van der Waals surface area contributed by atoms with E-state index in [0.29, 0.717) is 41.0 Å². The van der Waals surface area contributed by atoms with Crippen LogP contribution in [0.25, 0.3) is 0 Å². The summed E-state index contributed by atoms with van der Waals surface area (Å²) in [6, 6.07) is 38.7. The molecule has 7 N–H and O–H groups in total. The number of likely N-dealkylation sites (N-methyl/N-ethyl adjacent to an activating group) is 1. The monoisotopic (exact) mass is 931 g/mol. The number of aromatic nitrogens is 2. The second-order valence-corrected chi connectivity index (χ2v) is 17.4. The van der Waals surface area contributed by atoms with Crippen molar-refractivity contribution in [1.82, 2.24) is 30.0 Å². The van der Waals surface area contributed by atoms with Crippen molar-refractivity contribution < 1.29 is 9.07 Å². The van der Waals surface area contributed by atoms with E-state index in [-0.39, 0.29) is 33.5 Å². The van der Waals surface area contributed by atoms with Gasteiger partial charge in [0.15, 0.2) is 11.6 Å². The highest BCUT2D eigenvalue weighted by Gasteiger charge is 2.30. The Balaban J connectivity index is 0.000000296. The lowest BCUT2D eigenvalue weighted by Gasteiger charge is -2.34. The Morgan fingerprint density at radius 3 is 1.57 bits per heavy atom. The van der Waals surface area contributed by atoms with Gasteiger partial charge in [0.2, 0.25) is 5.91 Å². The van der Waals surface area contributed by atoms with Crippen LogP contribution in [0.3, 0.4) is 0 Å². The number of carbonyl (C=O) groups is 1. The number of para-hydroxylation sites is 2. The summed E-state index contributed by atoms with van der Waals surface area (Å²) >= 11 is 0. The van der Waals surface area contributed by atoms with Crippen LogP contribution < -0.4 is 25.8 Å². The maximum atomic E-state index is 12.0. The number of hydrogen-bond acceptors (Lipinski definition) is 12. The number of anilines is 6. The van der Waals surface area contributed by atoms with E-state index in [1.54, 1.807) is 41.2 Å². The van der Waals surface area contributed by atoms with Gasteiger partial charge in [-0.15, -0.1) is 0 Å². The molecule has 1 saturated heterocycles. The van der Waals surface area contributed by atoms with Crippen molar-refractivity contribution in [3.05, 3.63) is 167 Å². The minimum atomic E-state index is 0. The predicted octanol–water partition coefficient (Wildman–Crippen LogP) is 9.71. The summed E-state index contributed by atoms with van der Waals surface area (Å²) in [7, 11) is 3.59. The molecule has 15 nitrogen and oxygen atoms in total. The van der Waals surface area contributed by atoms with Crippen molar-refractivity contribution in [2.24, 2.45) is 5.92 Å². The van der Waals surface area contributed by atoms with Crippen LogP contribution in [-0.2, 0) is 17.9 Å². The normalized spacial score (nSPS) is 14.1. The molecule has 0 bridgehead atoms. The molecule has 0 radical (unpaired) electrons. The van der Waals surface area contributed by atoms with Gasteiger partial charge in [-0.25, -0.2) is 9.97 Å². The maximum Gasteiger partial charge on any atom is 0.236 e. The second kappa shape index (κ2) is 22.9. The smallest absolute Gasteiger partial charge is 0.236 e. The van der Waals surface area contributed by atoms with Crippen LogP contribution in [0, 0.1) is 27.6 Å². The van der Waals surface area contributed by atoms with Crippen LogP contribution >= 0.6 is 0 Å². The quantitative estimate of drug-likeness (QED) is 0.0514. The number of nitrogens with one attached hydrogen (secondary N) is 7. The minimum absolute atomic E-state index is 0. The van der Waals surface area contributed by atoms with Gasteiger partial charge >= 0.3 is 0 Å². The molecule has 3 aliphatic heterocycles. The third kappa shape index (κ3) is 11.8. The third-order valence-electron chi connectivity index (χ3n) is 11.9. The highest BCUT2D eigenvalue weighted by Crippen LogP contribution is 2.36. The molecule has 0 atom stereocenters. The van der Waals surface area contributed by atoms with Gasteiger partial charge in [0.1, 0.15) is 23.3 Å². The molecule has 1 amide bonds. The topological polar surface area (TPSA) is 191 Å². The van der Waals surface area contributed by atoms with E-state index in [9.17, 15) is 4.79 Å². The molecule has 9 rings (SSSR count). The molecule has 362 valence electrons. The van der Waals surface area contributed by atoms with E-state index in [4.69, 9.17) is 21.6 Å². The molecule has 15 heteroatoms. The highest BCUT2D eigenvalue weighted by atomic mass is 16.2. The van der Waals surface area contributed by atoms with Crippen molar-refractivity contribution in [2.45, 2.75) is 40.8 Å². The van der Waals surface area contributed by atoms with Crippen molar-refractivity contribution in [2.75, 3.05) is 73.8 Å². The van der Waals surface area contributed by atoms with Crippen LogP contribution in [-0.4, -0.2) is 107 Å². The zero-order valence-corrected chi connectivity index (χ0v) is 40.5. The fourth-order valence-electron chi connectivity index (χ4n) is 8.15. The summed E-state index contributed by atoms with van der Waals surface area (Å²) < 4.78 is 0. The fourth-order valence-corrected chi connectivity index (χ4v) is 8.15. The van der Waals surface area contributed by atoms with Crippen molar-refractivity contribution in [1.29, 1.82) is 21.6 Å². The number of benzene rings is 4. The molecule has 2 aromatic heterocycles. The molecule has 5 heterocycles. The maximum absolute atomic E-state index is 12.0. The number of carbonyl (C=O) groups excluding carboxylic acids is 1. The third-order valence-corrected chi connectivity index (χ3v) is 11.9. The number of rotatable bonds is 10. The molecule has 4 aromatic carbocycles. The number of nitrogens with zero attached hydrogens (tertiary/aromatic N) is 7. The van der Waals surface area contributed by atoms with E-state index < -0.39 is 0 Å². The number of pyridine rings is 2. The Morgan fingerprint density at radius 2 is 1.10 bits per heavy atom. The van der Waals surface area contributed by atoms with Crippen molar-refractivity contribution in [3.63, 3.8) is 0 Å². The van der Waals surface area contributed by atoms with Crippen LogP contribution in [0.15, 0.2) is 134 Å². The average Bonchev–Trinajstić information content (AvgIpc) is 3.58. The lowest BCUT2D eigenvalue weighted by atomic mass is 10.1. The highest BCUT2D eigenvalue weighted by molar-refractivity contribution is 6.31. The van der Waals surface area contributed by atoms with Gasteiger partial charge in [0.05, 0.1) is 29.3 Å². The first-order valence-corrected chi connectivity index (χ1v) is 23.6. The largest absolute Gasteiger partial charge is 0.348 e. The summed E-state index contributed by atoms with van der Waals surface area (Å²) in [5, 5.41) is 45.8. The van der Waals surface area contributed by atoms with E-state index in [1.165, 1.54) is 11.1 Å². The summed E-state index contributed by atoms with van der Waals surface area (Å²) in [6.45, 7) is 15.0. The standard InChI is InChI=1S/C28H32N8O.C24H26N6.C2H6.3H2/c1-33(2)25(37)19-35-16-14-34(15-17-35)18-20-9-11-21(12-10-20)26(29)36-24-8-5-13-31-28(24)32-23-7-4-3-6-22(23)27(36)30;1-16(2)14-27-15-17-9-11-18(12-10-17)22(25)30-21-8-5-13-28-24(21)29-20-7-4-3-6-19(20)23(30)26;1-2;;;/h3-13,29-30H,14-19H2,1-2H3,(H,31,32);3-13,16,25-27H,14-15H2,1-2H3,(H,28,29);1-2H3;3*1H. The first-order valence-electron chi connectivity index (χ1n) is 23.6. The first kappa shape index (κ1) is 49.3. The summed E-state index contributed by atoms with van der Waals surface area (Å²) in [4.78, 5) is 30.4. The Labute approximate surface area is 410 Å². The summed E-state index contributed by atoms with van der Waals surface area (Å²) in [5.74, 6) is 2.94. The molecular formula is C54H70N14O. The van der Waals surface area contributed by atoms with Gasteiger partial charge in [0.25, 0.3) is 0 Å². The summed E-state index contributed by atoms with van der Waals surface area (Å²) in [6.07, 6.45) is 3.42. The number of hydrogen-bond donors (Lipinski definition) is 7. The van der Waals surface area contributed by atoms with E-state index in [2.05, 4.69) is 61.7 Å². The Kier molecular flexibility index (Phi) is 16.4. The van der Waals surface area contributed by atoms with Gasteiger partial charge in [-0.3, -0.25) is 46.0 Å². The molecule has 0 spiro atoms. The SMILES string of the molecule is CC.CC(C)CNCc1ccc(C(=N)N2C(=N)c3ccccc3Nc3ncccc32)cc1.CN(C)C(=O)CN1CCN(Cc2ccc(C(=N)N3C(=N)c4ccccc4Nc4ncccc43)cc2)CC1.[HH].[HH].[HH]. The minimum Gasteiger partial charge on any atom is -0.348 e. The predicted molar refractivity (Wildman–Crippen MR) is 288 cm³/mol. The van der Waals surface area contributed by atoms with E-state index in [0.717, 1.165) is 73.9 Å². The average molecular weight is 931 g/mol. The molecule has 6 aromatic rings. The number of amides is 1. The lowest BCUT2D eigenvalue weighted by molar-refractivity contribution is -0.130. The second-order valence-electron chi connectivity index (χ2n) is 17.4.